The fraction of sp³-hybridized carbons (Fsp3) is 0.818. The summed E-state index contributed by atoms with van der Waals surface area (Å²) < 4.78 is 4.93. The van der Waals surface area contributed by atoms with Crippen molar-refractivity contribution < 1.29 is 14.3 Å². The Morgan fingerprint density at radius 2 is 2.06 bits per heavy atom. The van der Waals surface area contributed by atoms with E-state index in [9.17, 15) is 9.59 Å². The van der Waals surface area contributed by atoms with Gasteiger partial charge in [0.2, 0.25) is 0 Å². The number of methoxy groups -OCH3 is 1. The monoisotopic (exact) mass is 241 g/mol. The van der Waals surface area contributed by atoms with E-state index in [0.717, 1.165) is 13.1 Å². The number of piperidine rings is 1. The summed E-state index contributed by atoms with van der Waals surface area (Å²) in [4.78, 5) is 25.4. The lowest BCUT2D eigenvalue weighted by Gasteiger charge is -2.31. The molecule has 2 N–H and O–H groups in total. The van der Waals surface area contributed by atoms with Crippen molar-refractivity contribution in [2.45, 2.75) is 24.8 Å². The third-order valence-corrected chi connectivity index (χ3v) is 3.43. The molecule has 0 unspecified atom stereocenters. The number of carbonyl (C=O) groups is 2. The summed E-state index contributed by atoms with van der Waals surface area (Å²) in [5, 5.41) is 6.05. The van der Waals surface area contributed by atoms with Crippen LogP contribution in [0.15, 0.2) is 0 Å². The van der Waals surface area contributed by atoms with Crippen molar-refractivity contribution in [2.75, 3.05) is 33.4 Å². The molecule has 0 aliphatic carbocycles. The fourth-order valence-corrected chi connectivity index (χ4v) is 2.44. The third kappa shape index (κ3) is 2.28. The topological polar surface area (TPSA) is 70.7 Å². The van der Waals surface area contributed by atoms with Gasteiger partial charge in [-0.3, -0.25) is 9.69 Å². The smallest absolute Gasteiger partial charge is 0.325 e. The van der Waals surface area contributed by atoms with Crippen LogP contribution in [0.2, 0.25) is 0 Å². The van der Waals surface area contributed by atoms with Gasteiger partial charge in [0.05, 0.1) is 0 Å². The molecule has 2 fully saturated rings. The molecule has 0 atom stereocenters. The molecule has 0 aromatic rings. The van der Waals surface area contributed by atoms with Crippen molar-refractivity contribution in [1.29, 1.82) is 0 Å². The second-order valence-electron chi connectivity index (χ2n) is 4.57. The summed E-state index contributed by atoms with van der Waals surface area (Å²) in [6, 6.07) is -0.256. The van der Waals surface area contributed by atoms with E-state index in [-0.39, 0.29) is 11.9 Å². The first kappa shape index (κ1) is 12.3. The van der Waals surface area contributed by atoms with E-state index in [4.69, 9.17) is 4.74 Å². The summed E-state index contributed by atoms with van der Waals surface area (Å²) in [6.07, 6.45) is 2.04. The highest BCUT2D eigenvalue weighted by Crippen LogP contribution is 2.26. The number of carbonyl (C=O) groups excluding carboxylic acids is 2. The van der Waals surface area contributed by atoms with Gasteiger partial charge in [-0.15, -0.1) is 0 Å². The molecule has 0 bridgehead atoms. The number of imide groups is 1. The van der Waals surface area contributed by atoms with Crippen molar-refractivity contribution in [2.24, 2.45) is 0 Å². The maximum absolute atomic E-state index is 12.3. The lowest BCUT2D eigenvalue weighted by Crippen LogP contribution is -2.53. The first-order valence-corrected chi connectivity index (χ1v) is 6.03. The van der Waals surface area contributed by atoms with E-state index in [2.05, 4.69) is 10.6 Å². The molecule has 0 saturated carbocycles. The summed E-state index contributed by atoms with van der Waals surface area (Å²) in [6.45, 7) is 2.55. The quantitative estimate of drug-likeness (QED) is 0.523. The van der Waals surface area contributed by atoms with E-state index >= 15 is 0 Å². The van der Waals surface area contributed by atoms with Crippen LogP contribution in [-0.4, -0.2) is 55.7 Å². The zero-order valence-corrected chi connectivity index (χ0v) is 10.1. The molecule has 2 rings (SSSR count). The molecule has 96 valence electrons. The highest BCUT2D eigenvalue weighted by atomic mass is 16.5. The number of ether oxygens (including phenoxy) is 1. The van der Waals surface area contributed by atoms with Gasteiger partial charge in [0, 0.05) is 20.3 Å². The number of hydrogen-bond acceptors (Lipinski definition) is 4. The molecule has 6 heteroatoms. The van der Waals surface area contributed by atoms with Crippen LogP contribution >= 0.6 is 0 Å². The first-order valence-electron chi connectivity index (χ1n) is 6.03. The Morgan fingerprint density at radius 3 is 2.71 bits per heavy atom. The van der Waals surface area contributed by atoms with Crippen LogP contribution in [-0.2, 0) is 9.53 Å². The molecule has 0 radical (unpaired) electrons. The largest absolute Gasteiger partial charge is 0.385 e. The maximum atomic E-state index is 12.3. The number of hydrogen-bond donors (Lipinski definition) is 2. The average Bonchev–Trinajstić information content (AvgIpc) is 2.55. The molecular formula is C11H19N3O3. The molecule has 3 amide bonds. The maximum Gasteiger partial charge on any atom is 0.325 e. The number of nitrogens with zero attached hydrogens (tertiary/aromatic N) is 1. The Morgan fingerprint density at radius 1 is 1.35 bits per heavy atom. The second-order valence-corrected chi connectivity index (χ2v) is 4.57. The van der Waals surface area contributed by atoms with Crippen molar-refractivity contribution in [3.63, 3.8) is 0 Å². The summed E-state index contributed by atoms with van der Waals surface area (Å²) >= 11 is 0. The van der Waals surface area contributed by atoms with Crippen LogP contribution in [0.3, 0.4) is 0 Å². The molecule has 2 aliphatic heterocycles. The lowest BCUT2D eigenvalue weighted by atomic mass is 9.88. The first-order chi connectivity index (χ1) is 8.19. The summed E-state index contributed by atoms with van der Waals surface area (Å²) in [5.74, 6) is -0.0693. The SMILES string of the molecule is COCCCN1C(=O)NC2(CCNCC2)C1=O. The predicted octanol–water partition coefficient (Wildman–Crippen LogP) is -0.303. The number of nitrogens with one attached hydrogen (secondary N) is 2. The van der Waals surface area contributed by atoms with Gasteiger partial charge >= 0.3 is 6.03 Å². The van der Waals surface area contributed by atoms with Crippen LogP contribution < -0.4 is 10.6 Å². The van der Waals surface area contributed by atoms with Crippen LogP contribution in [0.25, 0.3) is 0 Å². The Balaban J connectivity index is 2.00. The second kappa shape index (κ2) is 5.01. The van der Waals surface area contributed by atoms with Crippen LogP contribution in [0.4, 0.5) is 4.79 Å². The van der Waals surface area contributed by atoms with E-state index < -0.39 is 5.54 Å². The number of amides is 3. The molecule has 17 heavy (non-hydrogen) atoms. The average molecular weight is 241 g/mol. The van der Waals surface area contributed by atoms with E-state index in [1.54, 1.807) is 7.11 Å². The minimum atomic E-state index is -0.643. The minimum absolute atomic E-state index is 0.0693. The van der Waals surface area contributed by atoms with Crippen LogP contribution in [0, 0.1) is 0 Å². The molecule has 2 aliphatic rings. The Hall–Kier alpha value is -1.14. The van der Waals surface area contributed by atoms with Crippen LogP contribution in [0.5, 0.6) is 0 Å². The molecule has 1 spiro atoms. The lowest BCUT2D eigenvalue weighted by molar-refractivity contribution is -0.132. The third-order valence-electron chi connectivity index (χ3n) is 3.43. The van der Waals surface area contributed by atoms with Gasteiger partial charge in [0.15, 0.2) is 0 Å². The van der Waals surface area contributed by atoms with E-state index in [1.807, 2.05) is 0 Å². The van der Waals surface area contributed by atoms with Gasteiger partial charge in [-0.2, -0.15) is 0 Å². The van der Waals surface area contributed by atoms with Gasteiger partial charge in [-0.1, -0.05) is 0 Å². The van der Waals surface area contributed by atoms with Crippen molar-refractivity contribution in [3.8, 4) is 0 Å². The van der Waals surface area contributed by atoms with Crippen LogP contribution in [0.1, 0.15) is 19.3 Å². The highest BCUT2D eigenvalue weighted by molar-refractivity contribution is 6.07. The number of urea groups is 1. The Labute approximate surface area is 101 Å². The van der Waals surface area contributed by atoms with Gasteiger partial charge in [-0.25, -0.2) is 4.79 Å². The van der Waals surface area contributed by atoms with Crippen molar-refractivity contribution in [3.05, 3.63) is 0 Å². The van der Waals surface area contributed by atoms with Crippen molar-refractivity contribution >= 4 is 11.9 Å². The Bertz CT molecular complexity index is 313. The zero-order valence-electron chi connectivity index (χ0n) is 10.1. The van der Waals surface area contributed by atoms with E-state index in [0.29, 0.717) is 32.4 Å². The van der Waals surface area contributed by atoms with E-state index in [1.165, 1.54) is 4.90 Å². The molecular weight excluding hydrogens is 222 g/mol. The van der Waals surface area contributed by atoms with Crippen molar-refractivity contribution in [1.82, 2.24) is 15.5 Å². The van der Waals surface area contributed by atoms with Gasteiger partial charge in [-0.05, 0) is 32.4 Å². The highest BCUT2D eigenvalue weighted by Gasteiger charge is 2.50. The molecule has 6 nitrogen and oxygen atoms in total. The molecule has 0 aromatic heterocycles. The standard InChI is InChI=1S/C11H19N3O3/c1-17-8-2-7-14-9(15)11(13-10(14)16)3-5-12-6-4-11/h12H,2-8H2,1H3,(H,13,16). The zero-order chi connectivity index (χ0) is 12.3. The predicted molar refractivity (Wildman–Crippen MR) is 61.6 cm³/mol. The van der Waals surface area contributed by atoms with Gasteiger partial charge in [0.1, 0.15) is 5.54 Å². The molecule has 2 saturated heterocycles. The minimum Gasteiger partial charge on any atom is -0.385 e. The number of rotatable bonds is 4. The molecule has 0 aromatic carbocycles. The Kier molecular flexibility index (Phi) is 3.63. The van der Waals surface area contributed by atoms with Gasteiger partial charge < -0.3 is 15.4 Å². The van der Waals surface area contributed by atoms with Gasteiger partial charge in [0.25, 0.3) is 5.91 Å². The fourth-order valence-electron chi connectivity index (χ4n) is 2.44. The molecule has 2 heterocycles. The normalized spacial score (nSPS) is 23.2. The summed E-state index contributed by atoms with van der Waals surface area (Å²) in [7, 11) is 1.61. The summed E-state index contributed by atoms with van der Waals surface area (Å²) in [5.41, 5.74) is -0.643.